The fraction of sp³-hybridized carbons (Fsp3) is 0.385. The molecule has 0 bridgehead atoms. The van der Waals surface area contributed by atoms with E-state index in [1.54, 1.807) is 18.2 Å². The van der Waals surface area contributed by atoms with Crippen molar-refractivity contribution in [2.45, 2.75) is 19.4 Å². The van der Waals surface area contributed by atoms with Crippen molar-refractivity contribution in [1.29, 1.82) is 0 Å². The molecule has 0 aliphatic heterocycles. The van der Waals surface area contributed by atoms with Gasteiger partial charge in [-0.3, -0.25) is 0 Å². The molecule has 0 aliphatic rings. The van der Waals surface area contributed by atoms with Gasteiger partial charge in [-0.2, -0.15) is 4.98 Å². The zero-order chi connectivity index (χ0) is 14.5. The summed E-state index contributed by atoms with van der Waals surface area (Å²) in [6.07, 6.45) is 0.930. The van der Waals surface area contributed by atoms with Crippen molar-refractivity contribution in [1.82, 2.24) is 10.1 Å². The Bertz CT molecular complexity index is 554. The number of hydrogen-bond donors (Lipinski definition) is 1. The summed E-state index contributed by atoms with van der Waals surface area (Å²) in [4.78, 5) is 4.23. The van der Waals surface area contributed by atoms with E-state index in [-0.39, 0.29) is 5.89 Å². The average molecular weight is 316 g/mol. The summed E-state index contributed by atoms with van der Waals surface area (Å²) >= 11 is 12.2. The van der Waals surface area contributed by atoms with Crippen LogP contribution in [0.15, 0.2) is 22.7 Å². The topological polar surface area (TPSA) is 74.2 Å². The summed E-state index contributed by atoms with van der Waals surface area (Å²) in [6, 6.07) is 4.71. The van der Waals surface area contributed by atoms with Crippen LogP contribution in [-0.4, -0.2) is 23.4 Å². The largest absolute Gasteiger partial charge is 0.379 e. The molecule has 2 N–H and O–H groups in total. The summed E-state index contributed by atoms with van der Waals surface area (Å²) in [5.74, 6) is 0.619. The molecule has 0 amide bonds. The summed E-state index contributed by atoms with van der Waals surface area (Å²) in [7, 11) is 0. The van der Waals surface area contributed by atoms with Crippen LogP contribution >= 0.6 is 23.2 Å². The predicted octanol–water partition coefficient (Wildman–Crippen LogP) is 3.47. The lowest BCUT2D eigenvalue weighted by Crippen LogP contribution is -2.18. The first-order valence-corrected chi connectivity index (χ1v) is 7.00. The van der Waals surface area contributed by atoms with Crippen LogP contribution in [0.5, 0.6) is 0 Å². The van der Waals surface area contributed by atoms with Gasteiger partial charge in [0.05, 0.1) is 28.3 Å². The lowest BCUT2D eigenvalue weighted by Gasteiger charge is -2.06. The Balaban J connectivity index is 2.16. The molecule has 1 aromatic carbocycles. The first kappa shape index (κ1) is 15.3. The molecule has 0 radical (unpaired) electrons. The normalized spacial score (nSPS) is 12.6. The molecule has 2 aromatic rings. The Hall–Kier alpha value is -1.14. The standard InChI is InChI=1S/C13H15Cl2N3O2/c1-2-6-19-7-10(16)12-17-13(20-18-12)11-8(14)4-3-5-9(11)15/h3-5,10H,2,6-7,16H2,1H3. The van der Waals surface area contributed by atoms with Crippen molar-refractivity contribution >= 4 is 23.2 Å². The molecule has 1 atom stereocenters. The Morgan fingerprint density at radius 1 is 1.35 bits per heavy atom. The molecule has 5 nitrogen and oxygen atoms in total. The Morgan fingerprint density at radius 3 is 2.70 bits per heavy atom. The Labute approximate surface area is 127 Å². The molecule has 0 fully saturated rings. The third-order valence-corrected chi connectivity index (χ3v) is 3.23. The third kappa shape index (κ3) is 3.49. The van der Waals surface area contributed by atoms with Crippen LogP contribution in [-0.2, 0) is 4.74 Å². The zero-order valence-corrected chi connectivity index (χ0v) is 12.5. The van der Waals surface area contributed by atoms with E-state index in [1.807, 2.05) is 6.92 Å². The summed E-state index contributed by atoms with van der Waals surface area (Å²) in [5.41, 5.74) is 6.44. The fourth-order valence-electron chi connectivity index (χ4n) is 1.62. The molecule has 20 heavy (non-hydrogen) atoms. The fourth-order valence-corrected chi connectivity index (χ4v) is 2.18. The van der Waals surface area contributed by atoms with E-state index >= 15 is 0 Å². The maximum atomic E-state index is 6.09. The summed E-state index contributed by atoms with van der Waals surface area (Å²) < 4.78 is 10.5. The number of benzene rings is 1. The highest BCUT2D eigenvalue weighted by atomic mass is 35.5. The van der Waals surface area contributed by atoms with Gasteiger partial charge in [-0.05, 0) is 18.6 Å². The van der Waals surface area contributed by atoms with E-state index in [9.17, 15) is 0 Å². The first-order valence-electron chi connectivity index (χ1n) is 6.24. The monoisotopic (exact) mass is 315 g/mol. The van der Waals surface area contributed by atoms with Gasteiger partial charge in [0.2, 0.25) is 0 Å². The highest BCUT2D eigenvalue weighted by Crippen LogP contribution is 2.33. The Kier molecular flexibility index (Phi) is 5.37. The highest BCUT2D eigenvalue weighted by molar-refractivity contribution is 6.38. The van der Waals surface area contributed by atoms with Gasteiger partial charge < -0.3 is 15.0 Å². The minimum Gasteiger partial charge on any atom is -0.379 e. The highest BCUT2D eigenvalue weighted by Gasteiger charge is 2.19. The van der Waals surface area contributed by atoms with Gasteiger partial charge in [0.1, 0.15) is 0 Å². The van der Waals surface area contributed by atoms with Crippen molar-refractivity contribution < 1.29 is 9.26 Å². The van der Waals surface area contributed by atoms with Crippen molar-refractivity contribution in [3.8, 4) is 11.5 Å². The van der Waals surface area contributed by atoms with Gasteiger partial charge in [-0.15, -0.1) is 0 Å². The van der Waals surface area contributed by atoms with E-state index in [1.165, 1.54) is 0 Å². The molecule has 7 heteroatoms. The lowest BCUT2D eigenvalue weighted by molar-refractivity contribution is 0.119. The molecule has 0 saturated heterocycles. The third-order valence-electron chi connectivity index (χ3n) is 2.60. The molecule has 1 aromatic heterocycles. The van der Waals surface area contributed by atoms with Crippen molar-refractivity contribution in [3.05, 3.63) is 34.1 Å². The van der Waals surface area contributed by atoms with Gasteiger partial charge in [-0.25, -0.2) is 0 Å². The molecular weight excluding hydrogens is 301 g/mol. The van der Waals surface area contributed by atoms with Crippen LogP contribution < -0.4 is 5.73 Å². The minimum atomic E-state index is -0.444. The van der Waals surface area contributed by atoms with Gasteiger partial charge >= 0.3 is 0 Å². The second kappa shape index (κ2) is 7.04. The maximum absolute atomic E-state index is 6.09. The van der Waals surface area contributed by atoms with Gasteiger partial charge in [0.25, 0.3) is 5.89 Å². The number of halogens is 2. The van der Waals surface area contributed by atoms with Gasteiger partial charge in [-0.1, -0.05) is 41.3 Å². The molecule has 0 aliphatic carbocycles. The summed E-state index contributed by atoms with van der Waals surface area (Å²) in [5, 5.41) is 4.74. The predicted molar refractivity (Wildman–Crippen MR) is 77.8 cm³/mol. The van der Waals surface area contributed by atoms with Gasteiger partial charge in [0, 0.05) is 6.61 Å². The van der Waals surface area contributed by atoms with Crippen LogP contribution in [0.2, 0.25) is 10.0 Å². The van der Waals surface area contributed by atoms with E-state index in [4.69, 9.17) is 38.2 Å². The number of nitrogens with two attached hydrogens (primary N) is 1. The van der Waals surface area contributed by atoms with Crippen LogP contribution in [0.1, 0.15) is 25.2 Å². The molecule has 0 saturated carbocycles. The lowest BCUT2D eigenvalue weighted by atomic mass is 10.2. The number of hydrogen-bond acceptors (Lipinski definition) is 5. The quantitative estimate of drug-likeness (QED) is 0.826. The minimum absolute atomic E-state index is 0.251. The first-order chi connectivity index (χ1) is 9.63. The Morgan fingerprint density at radius 2 is 2.05 bits per heavy atom. The second-order valence-corrected chi connectivity index (χ2v) is 5.05. The van der Waals surface area contributed by atoms with Crippen molar-refractivity contribution in [2.24, 2.45) is 5.73 Å². The SMILES string of the molecule is CCCOCC(N)c1noc(-c2c(Cl)cccc2Cl)n1. The van der Waals surface area contributed by atoms with Crippen molar-refractivity contribution in [3.63, 3.8) is 0 Å². The maximum Gasteiger partial charge on any atom is 0.261 e. The van der Waals surface area contributed by atoms with E-state index < -0.39 is 6.04 Å². The van der Waals surface area contributed by atoms with Crippen LogP contribution in [0.25, 0.3) is 11.5 Å². The number of rotatable bonds is 6. The van der Waals surface area contributed by atoms with Crippen LogP contribution in [0, 0.1) is 0 Å². The smallest absolute Gasteiger partial charge is 0.261 e. The molecule has 1 heterocycles. The zero-order valence-electron chi connectivity index (χ0n) is 11.0. The second-order valence-electron chi connectivity index (χ2n) is 4.24. The van der Waals surface area contributed by atoms with E-state index in [2.05, 4.69) is 10.1 Å². The molecule has 108 valence electrons. The van der Waals surface area contributed by atoms with Crippen molar-refractivity contribution in [2.75, 3.05) is 13.2 Å². The van der Waals surface area contributed by atoms with Crippen LogP contribution in [0.4, 0.5) is 0 Å². The molecular formula is C13H15Cl2N3O2. The molecule has 1 unspecified atom stereocenters. The number of aromatic nitrogens is 2. The number of nitrogens with zero attached hydrogens (tertiary/aromatic N) is 2. The average Bonchev–Trinajstić information content (AvgIpc) is 2.88. The number of ether oxygens (including phenoxy) is 1. The van der Waals surface area contributed by atoms with Crippen LogP contribution in [0.3, 0.4) is 0 Å². The van der Waals surface area contributed by atoms with Gasteiger partial charge in [0.15, 0.2) is 5.82 Å². The van der Waals surface area contributed by atoms with E-state index in [0.29, 0.717) is 34.6 Å². The summed E-state index contributed by atoms with van der Waals surface area (Å²) in [6.45, 7) is 3.01. The molecule has 2 rings (SSSR count). The molecule has 0 spiro atoms. The van der Waals surface area contributed by atoms with E-state index in [0.717, 1.165) is 6.42 Å².